The number of para-hydroxylation sites is 1. The van der Waals surface area contributed by atoms with Crippen LogP contribution in [0, 0.1) is 0 Å². The lowest BCUT2D eigenvalue weighted by molar-refractivity contribution is -0.156. The van der Waals surface area contributed by atoms with Gasteiger partial charge in [0.05, 0.1) is 18.8 Å². The van der Waals surface area contributed by atoms with E-state index in [1.54, 1.807) is 4.90 Å². The second kappa shape index (κ2) is 7.88. The number of ether oxygens (including phenoxy) is 1. The molecule has 0 saturated carbocycles. The van der Waals surface area contributed by atoms with Gasteiger partial charge in [-0.3, -0.25) is 14.7 Å². The largest absolute Gasteiger partial charge is 0.467 e. The third kappa shape index (κ3) is 3.52. The number of nitrogens with zero attached hydrogens (tertiary/aromatic N) is 3. The van der Waals surface area contributed by atoms with Crippen LogP contribution in [0.15, 0.2) is 29.3 Å². The lowest BCUT2D eigenvalue weighted by Gasteiger charge is -2.42. The molecule has 2 atom stereocenters. The first-order chi connectivity index (χ1) is 14.8. The highest BCUT2D eigenvalue weighted by atomic mass is 16.5. The highest BCUT2D eigenvalue weighted by Crippen LogP contribution is 2.42. The van der Waals surface area contributed by atoms with Crippen LogP contribution in [0.3, 0.4) is 0 Å². The maximum absolute atomic E-state index is 13.6. The minimum Gasteiger partial charge on any atom is -0.467 e. The highest BCUT2D eigenvalue weighted by molar-refractivity contribution is 5.92. The van der Waals surface area contributed by atoms with Crippen molar-refractivity contribution in [3.63, 3.8) is 0 Å². The van der Waals surface area contributed by atoms with Crippen LogP contribution in [0.1, 0.15) is 37.9 Å². The molecule has 1 aromatic heterocycles. The number of aromatic amines is 1. The fraction of sp³-hybridized carbons (Fsp3) is 0.500. The van der Waals surface area contributed by atoms with Gasteiger partial charge in [0.15, 0.2) is 5.96 Å². The Kier molecular flexibility index (Phi) is 5.38. The number of carbonyl (C=O) groups is 2. The van der Waals surface area contributed by atoms with E-state index in [0.717, 1.165) is 16.6 Å². The predicted octanol–water partition coefficient (Wildman–Crippen LogP) is 1.07. The van der Waals surface area contributed by atoms with E-state index < -0.39 is 17.7 Å². The summed E-state index contributed by atoms with van der Waals surface area (Å²) < 4.78 is 5.06. The van der Waals surface area contributed by atoms with Gasteiger partial charge in [-0.2, -0.15) is 0 Å². The van der Waals surface area contributed by atoms with Gasteiger partial charge in [0.25, 0.3) is 0 Å². The molecule has 1 amide bonds. The Bertz CT molecular complexity index is 1040. The number of H-pyrrole nitrogens is 1. The third-order valence-electron chi connectivity index (χ3n) is 6.53. The molecule has 3 heterocycles. The van der Waals surface area contributed by atoms with Crippen LogP contribution in [0.25, 0.3) is 10.9 Å². The number of hydrogen-bond donors (Lipinski definition) is 3. The summed E-state index contributed by atoms with van der Waals surface area (Å²) in [5.41, 5.74) is 13.5. The molecule has 1 saturated heterocycles. The Balaban J connectivity index is 1.63. The van der Waals surface area contributed by atoms with Gasteiger partial charge in [0.1, 0.15) is 6.04 Å². The first-order valence-corrected chi connectivity index (χ1v) is 10.6. The number of guanidine groups is 1. The summed E-state index contributed by atoms with van der Waals surface area (Å²) in [6.45, 7) is 4.99. The van der Waals surface area contributed by atoms with Gasteiger partial charge in [-0.15, -0.1) is 0 Å². The summed E-state index contributed by atoms with van der Waals surface area (Å²) >= 11 is 0. The number of esters is 1. The maximum atomic E-state index is 13.6. The Labute approximate surface area is 181 Å². The number of aromatic nitrogens is 1. The first-order valence-electron chi connectivity index (χ1n) is 10.6. The molecule has 9 nitrogen and oxygen atoms in total. The van der Waals surface area contributed by atoms with E-state index in [9.17, 15) is 9.59 Å². The molecule has 9 heteroatoms. The van der Waals surface area contributed by atoms with Gasteiger partial charge in [-0.05, 0) is 44.7 Å². The number of hydrogen-bond acceptors (Lipinski definition) is 5. The molecule has 2 aliphatic heterocycles. The van der Waals surface area contributed by atoms with Gasteiger partial charge in [0.2, 0.25) is 5.91 Å². The molecule has 0 unspecified atom stereocenters. The number of nitrogens with two attached hydrogens (primary N) is 2. The normalized spacial score (nSPS) is 20.9. The second-order valence-electron chi connectivity index (χ2n) is 8.67. The van der Waals surface area contributed by atoms with Crippen LogP contribution in [0.5, 0.6) is 0 Å². The predicted molar refractivity (Wildman–Crippen MR) is 118 cm³/mol. The van der Waals surface area contributed by atoms with Crippen molar-refractivity contribution in [2.75, 3.05) is 13.7 Å². The van der Waals surface area contributed by atoms with E-state index >= 15 is 0 Å². The molecule has 31 heavy (non-hydrogen) atoms. The monoisotopic (exact) mass is 426 g/mol. The van der Waals surface area contributed by atoms with Crippen LogP contribution in [-0.4, -0.2) is 64.0 Å². The molecule has 0 bridgehead atoms. The Hall–Kier alpha value is -3.07. The van der Waals surface area contributed by atoms with Crippen LogP contribution in [0.4, 0.5) is 0 Å². The highest BCUT2D eigenvalue weighted by Gasteiger charge is 2.56. The number of aliphatic imine (C=N–C) groups is 1. The molecule has 4 rings (SSSR count). The summed E-state index contributed by atoms with van der Waals surface area (Å²) in [6, 6.07) is 7.16. The fourth-order valence-corrected chi connectivity index (χ4v) is 5.09. The van der Waals surface area contributed by atoms with Crippen molar-refractivity contribution in [2.45, 2.75) is 57.4 Å². The molecule has 5 N–H and O–H groups in total. The molecule has 0 aliphatic carbocycles. The van der Waals surface area contributed by atoms with Gasteiger partial charge in [0, 0.05) is 29.7 Å². The molecule has 2 aromatic rings. The van der Waals surface area contributed by atoms with Crippen molar-refractivity contribution in [2.24, 2.45) is 16.5 Å². The van der Waals surface area contributed by atoms with Crippen molar-refractivity contribution in [3.8, 4) is 0 Å². The number of rotatable bonds is 6. The summed E-state index contributed by atoms with van der Waals surface area (Å²) in [4.78, 5) is 37.7. The average molecular weight is 427 g/mol. The number of methoxy groups -OCH3 is 1. The number of benzene rings is 1. The number of fused-ring (bicyclic) bond motifs is 4. The van der Waals surface area contributed by atoms with Crippen molar-refractivity contribution in [1.82, 2.24) is 14.8 Å². The fourth-order valence-electron chi connectivity index (χ4n) is 5.09. The zero-order chi connectivity index (χ0) is 22.3. The Morgan fingerprint density at radius 2 is 2.10 bits per heavy atom. The summed E-state index contributed by atoms with van der Waals surface area (Å²) in [5.74, 6) is -0.453. The van der Waals surface area contributed by atoms with E-state index in [0.29, 0.717) is 32.4 Å². The van der Waals surface area contributed by atoms with Gasteiger partial charge in [-0.25, -0.2) is 4.79 Å². The van der Waals surface area contributed by atoms with E-state index in [2.05, 4.69) is 27.0 Å². The number of carbonyl (C=O) groups excluding carboxylic acids is 2. The van der Waals surface area contributed by atoms with Crippen LogP contribution in [0.2, 0.25) is 0 Å². The van der Waals surface area contributed by atoms with Crippen molar-refractivity contribution in [1.29, 1.82) is 0 Å². The van der Waals surface area contributed by atoms with Crippen LogP contribution < -0.4 is 11.5 Å². The van der Waals surface area contributed by atoms with Crippen LogP contribution in [-0.2, 0) is 27.3 Å². The lowest BCUT2D eigenvalue weighted by Crippen LogP contribution is -2.56. The second-order valence-corrected chi connectivity index (χ2v) is 8.67. The van der Waals surface area contributed by atoms with Gasteiger partial charge >= 0.3 is 5.97 Å². The summed E-state index contributed by atoms with van der Waals surface area (Å²) in [6.07, 6.45) is 1.60. The molecular weight excluding hydrogens is 396 g/mol. The average Bonchev–Trinajstić information content (AvgIpc) is 3.19. The third-order valence-corrected chi connectivity index (χ3v) is 6.53. The minimum absolute atomic E-state index is 0.0118. The van der Waals surface area contributed by atoms with E-state index in [4.69, 9.17) is 16.2 Å². The first kappa shape index (κ1) is 21.2. The smallest absolute Gasteiger partial charge is 0.328 e. The molecular formula is C22H30N6O3. The molecule has 0 spiro atoms. The minimum atomic E-state index is -0.692. The van der Waals surface area contributed by atoms with Crippen molar-refractivity contribution in [3.05, 3.63) is 35.5 Å². The lowest BCUT2D eigenvalue weighted by atomic mass is 9.96. The van der Waals surface area contributed by atoms with Gasteiger partial charge in [-0.1, -0.05) is 18.2 Å². The van der Waals surface area contributed by atoms with Crippen molar-refractivity contribution >= 4 is 28.7 Å². The standard InChI is InChI=1S/C22H30N6O3/c1-22(2)27-12-16-14(13-7-4-5-8-15(13)26-16)11-18(27)19(29)28(22)17(20(30)31-3)9-6-10-25-21(23)24/h4-5,7-8,17-18,26H,6,9-12H2,1-3H3,(H4,23,24,25)/t17-,18-/m0/s1. The van der Waals surface area contributed by atoms with Crippen LogP contribution >= 0.6 is 0 Å². The van der Waals surface area contributed by atoms with Gasteiger partial charge < -0.3 is 26.1 Å². The molecule has 1 aromatic carbocycles. The summed E-state index contributed by atoms with van der Waals surface area (Å²) in [5, 5.41) is 1.16. The number of amides is 1. The van der Waals surface area contributed by atoms with E-state index in [1.807, 2.05) is 26.0 Å². The molecule has 166 valence electrons. The Morgan fingerprint density at radius 1 is 1.35 bits per heavy atom. The van der Waals surface area contributed by atoms with E-state index in [1.165, 1.54) is 12.7 Å². The van der Waals surface area contributed by atoms with E-state index in [-0.39, 0.29) is 17.9 Å². The number of nitrogens with one attached hydrogen (secondary N) is 1. The zero-order valence-electron chi connectivity index (χ0n) is 18.2. The zero-order valence-corrected chi connectivity index (χ0v) is 18.2. The molecule has 2 aliphatic rings. The maximum Gasteiger partial charge on any atom is 0.328 e. The summed E-state index contributed by atoms with van der Waals surface area (Å²) in [7, 11) is 1.35. The topological polar surface area (TPSA) is 130 Å². The van der Waals surface area contributed by atoms with Crippen molar-refractivity contribution < 1.29 is 14.3 Å². The SMILES string of the molecule is COC(=O)[C@H](CCCN=C(N)N)N1C(=O)[C@@H]2Cc3c([nH]c4ccccc34)CN2C1(C)C. The molecule has 1 fully saturated rings. The molecule has 0 radical (unpaired) electrons. The Morgan fingerprint density at radius 3 is 2.81 bits per heavy atom. The quantitative estimate of drug-likeness (QED) is 0.274.